The Hall–Kier alpha value is -2.77. The van der Waals surface area contributed by atoms with E-state index in [0.717, 1.165) is 17.7 Å². The molecule has 2 aromatic heterocycles. The van der Waals surface area contributed by atoms with E-state index in [1.807, 2.05) is 18.2 Å². The van der Waals surface area contributed by atoms with E-state index in [0.29, 0.717) is 24.7 Å². The molecule has 1 atom stereocenters. The summed E-state index contributed by atoms with van der Waals surface area (Å²) in [5, 5.41) is 3.41. The zero-order valence-electron chi connectivity index (χ0n) is 15.4. The van der Waals surface area contributed by atoms with Gasteiger partial charge in [-0.05, 0) is 29.8 Å². The van der Waals surface area contributed by atoms with E-state index in [2.05, 4.69) is 15.2 Å². The summed E-state index contributed by atoms with van der Waals surface area (Å²) in [7, 11) is 1.72. The Morgan fingerprint density at radius 2 is 1.96 bits per heavy atom. The molecule has 1 aromatic carbocycles. The molecule has 1 aliphatic rings. The zero-order chi connectivity index (χ0) is 18.8. The summed E-state index contributed by atoms with van der Waals surface area (Å²) in [6.07, 6.45) is 3.36. The maximum atomic E-state index is 13.6. The van der Waals surface area contributed by atoms with Crippen molar-refractivity contribution >= 4 is 18.4 Å². The molecular weight excluding hydrogens is 381 g/mol. The Labute approximate surface area is 168 Å². The molecule has 3 aromatic rings. The highest BCUT2D eigenvalue weighted by Crippen LogP contribution is 2.23. The van der Waals surface area contributed by atoms with Crippen LogP contribution in [0.5, 0.6) is 0 Å². The molecule has 4 rings (SSSR count). The SMILES string of the molecule is Cl.Cn1c(N2CCNC(c3cccc(F)c3)C2)nc(-c2ccncc2)cc1=O. The first-order chi connectivity index (χ1) is 13.1. The highest BCUT2D eigenvalue weighted by Gasteiger charge is 2.24. The van der Waals surface area contributed by atoms with Crippen LogP contribution in [0.3, 0.4) is 0 Å². The lowest BCUT2D eigenvalue weighted by atomic mass is 10.0. The van der Waals surface area contributed by atoms with Gasteiger partial charge in [0.25, 0.3) is 5.56 Å². The molecule has 1 saturated heterocycles. The topological polar surface area (TPSA) is 63.1 Å². The third-order valence-electron chi connectivity index (χ3n) is 4.80. The molecule has 0 saturated carbocycles. The summed E-state index contributed by atoms with van der Waals surface area (Å²) >= 11 is 0. The second-order valence-corrected chi connectivity index (χ2v) is 6.58. The van der Waals surface area contributed by atoms with E-state index < -0.39 is 0 Å². The lowest BCUT2D eigenvalue weighted by Gasteiger charge is -2.35. The first-order valence-electron chi connectivity index (χ1n) is 8.84. The van der Waals surface area contributed by atoms with Crippen molar-refractivity contribution in [2.45, 2.75) is 6.04 Å². The van der Waals surface area contributed by atoms with Gasteiger partial charge in [-0.2, -0.15) is 0 Å². The van der Waals surface area contributed by atoms with Crippen LogP contribution < -0.4 is 15.8 Å². The molecular formula is C20H21ClFN5O. The van der Waals surface area contributed by atoms with Gasteiger partial charge in [-0.1, -0.05) is 12.1 Å². The van der Waals surface area contributed by atoms with Crippen LogP contribution in [0.25, 0.3) is 11.3 Å². The van der Waals surface area contributed by atoms with Crippen LogP contribution in [0, 0.1) is 5.82 Å². The molecule has 0 aliphatic carbocycles. The number of halogens is 2. The van der Waals surface area contributed by atoms with Crippen molar-refractivity contribution in [1.29, 1.82) is 0 Å². The Morgan fingerprint density at radius 1 is 1.18 bits per heavy atom. The molecule has 1 unspecified atom stereocenters. The van der Waals surface area contributed by atoms with Gasteiger partial charge in [0.1, 0.15) is 5.82 Å². The number of piperazine rings is 1. The van der Waals surface area contributed by atoms with Crippen LogP contribution in [0.15, 0.2) is 59.7 Å². The fourth-order valence-corrected chi connectivity index (χ4v) is 3.36. The van der Waals surface area contributed by atoms with Crippen molar-refractivity contribution in [1.82, 2.24) is 19.9 Å². The minimum absolute atomic E-state index is 0. The average molecular weight is 402 g/mol. The first kappa shape index (κ1) is 20.0. The number of hydrogen-bond donors (Lipinski definition) is 1. The maximum Gasteiger partial charge on any atom is 0.255 e. The van der Waals surface area contributed by atoms with Crippen LogP contribution in [0.1, 0.15) is 11.6 Å². The Kier molecular flexibility index (Phi) is 6.06. The van der Waals surface area contributed by atoms with Gasteiger partial charge in [-0.25, -0.2) is 9.37 Å². The predicted molar refractivity (Wildman–Crippen MR) is 109 cm³/mol. The van der Waals surface area contributed by atoms with Crippen LogP contribution in [-0.2, 0) is 7.05 Å². The van der Waals surface area contributed by atoms with Crippen LogP contribution in [0.2, 0.25) is 0 Å². The molecule has 28 heavy (non-hydrogen) atoms. The lowest BCUT2D eigenvalue weighted by molar-refractivity contribution is 0.460. The van der Waals surface area contributed by atoms with Gasteiger partial charge in [0, 0.05) is 50.7 Å². The number of hydrogen-bond acceptors (Lipinski definition) is 5. The largest absolute Gasteiger partial charge is 0.339 e. The molecule has 0 bridgehead atoms. The number of nitrogens with one attached hydrogen (secondary N) is 1. The van der Waals surface area contributed by atoms with E-state index in [1.165, 1.54) is 12.1 Å². The molecule has 6 nitrogen and oxygen atoms in total. The summed E-state index contributed by atoms with van der Waals surface area (Å²) in [4.78, 5) is 23.3. The number of nitrogens with zero attached hydrogens (tertiary/aromatic N) is 4. The van der Waals surface area contributed by atoms with Crippen molar-refractivity contribution in [2.75, 3.05) is 24.5 Å². The van der Waals surface area contributed by atoms with Crippen molar-refractivity contribution in [3.8, 4) is 11.3 Å². The normalized spacial score (nSPS) is 16.5. The monoisotopic (exact) mass is 401 g/mol. The number of rotatable bonds is 3. The molecule has 1 aliphatic heterocycles. The first-order valence-corrected chi connectivity index (χ1v) is 8.84. The van der Waals surface area contributed by atoms with Gasteiger partial charge >= 0.3 is 0 Å². The summed E-state index contributed by atoms with van der Waals surface area (Å²) in [6.45, 7) is 2.03. The van der Waals surface area contributed by atoms with Gasteiger partial charge in [0.05, 0.1) is 11.7 Å². The third kappa shape index (κ3) is 4.05. The van der Waals surface area contributed by atoms with E-state index in [-0.39, 0.29) is 29.8 Å². The molecule has 1 fully saturated rings. The highest BCUT2D eigenvalue weighted by atomic mass is 35.5. The predicted octanol–water partition coefficient (Wildman–Crippen LogP) is 2.55. The average Bonchev–Trinajstić information content (AvgIpc) is 2.71. The van der Waals surface area contributed by atoms with Gasteiger partial charge in [-0.15, -0.1) is 12.4 Å². The minimum atomic E-state index is -0.253. The fourth-order valence-electron chi connectivity index (χ4n) is 3.36. The number of aromatic nitrogens is 3. The maximum absolute atomic E-state index is 13.6. The van der Waals surface area contributed by atoms with Crippen molar-refractivity contribution in [3.63, 3.8) is 0 Å². The molecule has 0 radical (unpaired) electrons. The summed E-state index contributed by atoms with van der Waals surface area (Å²) in [5.74, 6) is 0.355. The van der Waals surface area contributed by atoms with Crippen LogP contribution in [0.4, 0.5) is 10.3 Å². The standard InChI is InChI=1S/C20H20FN5O.ClH/c1-25-19(27)12-17(14-5-7-22-8-6-14)24-20(25)26-10-9-23-18(13-26)15-3-2-4-16(21)11-15;/h2-8,11-12,18,23H,9-10,13H2,1H3;1H. The fraction of sp³-hybridized carbons (Fsp3) is 0.250. The minimum Gasteiger partial charge on any atom is -0.339 e. The zero-order valence-corrected chi connectivity index (χ0v) is 16.2. The van der Waals surface area contributed by atoms with Gasteiger partial charge < -0.3 is 10.2 Å². The number of pyridine rings is 1. The molecule has 3 heterocycles. The van der Waals surface area contributed by atoms with Gasteiger partial charge in [0.15, 0.2) is 0 Å². The van der Waals surface area contributed by atoms with E-state index in [9.17, 15) is 9.18 Å². The Balaban J connectivity index is 0.00000225. The summed E-state index contributed by atoms with van der Waals surface area (Å²) in [6, 6.07) is 11.8. The van der Waals surface area contributed by atoms with Crippen molar-refractivity contribution < 1.29 is 4.39 Å². The Bertz CT molecular complexity index is 1010. The quantitative estimate of drug-likeness (QED) is 0.730. The van der Waals surface area contributed by atoms with Crippen molar-refractivity contribution in [2.24, 2.45) is 7.05 Å². The van der Waals surface area contributed by atoms with E-state index in [4.69, 9.17) is 4.98 Å². The number of anilines is 1. The van der Waals surface area contributed by atoms with Gasteiger partial charge in [-0.3, -0.25) is 14.3 Å². The third-order valence-corrected chi connectivity index (χ3v) is 4.80. The summed E-state index contributed by atoms with van der Waals surface area (Å²) < 4.78 is 15.1. The second-order valence-electron chi connectivity index (χ2n) is 6.58. The molecule has 8 heteroatoms. The molecule has 1 N–H and O–H groups in total. The second kappa shape index (κ2) is 8.50. The van der Waals surface area contributed by atoms with Gasteiger partial charge in [0.2, 0.25) is 5.95 Å². The van der Waals surface area contributed by atoms with E-state index >= 15 is 0 Å². The lowest BCUT2D eigenvalue weighted by Crippen LogP contribution is -2.47. The van der Waals surface area contributed by atoms with Crippen LogP contribution >= 0.6 is 12.4 Å². The Morgan fingerprint density at radius 3 is 2.71 bits per heavy atom. The van der Waals surface area contributed by atoms with Crippen LogP contribution in [-0.4, -0.2) is 34.2 Å². The smallest absolute Gasteiger partial charge is 0.255 e. The van der Waals surface area contributed by atoms with Crippen molar-refractivity contribution in [3.05, 3.63) is 76.6 Å². The summed E-state index contributed by atoms with van der Waals surface area (Å²) in [5.41, 5.74) is 2.24. The molecule has 0 amide bonds. The number of benzene rings is 1. The van der Waals surface area contributed by atoms with E-state index in [1.54, 1.807) is 36.1 Å². The molecule has 146 valence electrons. The highest BCUT2D eigenvalue weighted by molar-refractivity contribution is 5.85. The molecule has 0 spiro atoms.